The van der Waals surface area contributed by atoms with E-state index in [2.05, 4.69) is 15.7 Å². The number of likely N-dealkylation sites (tertiary alicyclic amines) is 1. The van der Waals surface area contributed by atoms with Gasteiger partial charge in [-0.15, -0.1) is 0 Å². The number of aromatic nitrogens is 2. The lowest BCUT2D eigenvalue weighted by atomic mass is 9.96. The zero-order valence-corrected chi connectivity index (χ0v) is 25.5. The van der Waals surface area contributed by atoms with Crippen molar-refractivity contribution in [2.45, 2.75) is 91.6 Å². The van der Waals surface area contributed by atoms with E-state index in [1.165, 1.54) is 4.90 Å². The molecular weight excluding hydrogens is 522 g/mol. The zero-order valence-electron chi connectivity index (χ0n) is 25.5. The Kier molecular flexibility index (Phi) is 12.2. The predicted octanol–water partition coefficient (Wildman–Crippen LogP) is 3.13. The molecule has 0 radical (unpaired) electrons. The number of piperidine rings is 1. The Morgan fingerprint density at radius 2 is 1.88 bits per heavy atom. The summed E-state index contributed by atoms with van der Waals surface area (Å²) in [6, 6.07) is 6.20. The number of aliphatic hydroxyl groups excluding tert-OH is 2. The highest BCUT2D eigenvalue weighted by atomic mass is 16.5. The number of nitrogens with zero attached hydrogens (tertiary/aromatic N) is 3. The molecule has 2 saturated heterocycles. The highest BCUT2D eigenvalue weighted by Gasteiger charge is 2.41. The van der Waals surface area contributed by atoms with Crippen LogP contribution < -0.4 is 15.4 Å². The van der Waals surface area contributed by atoms with Crippen LogP contribution in [0.1, 0.15) is 72.4 Å². The fraction of sp³-hybridized carbons (Fsp3) is 0.645. The van der Waals surface area contributed by atoms with Gasteiger partial charge in [0.2, 0.25) is 11.8 Å². The van der Waals surface area contributed by atoms with E-state index in [-0.39, 0.29) is 43.4 Å². The van der Waals surface area contributed by atoms with Gasteiger partial charge in [-0.2, -0.15) is 5.10 Å². The molecule has 0 bridgehead atoms. The number of benzene rings is 1. The quantitative estimate of drug-likeness (QED) is 0.345. The molecule has 3 heterocycles. The van der Waals surface area contributed by atoms with E-state index in [9.17, 15) is 19.8 Å². The van der Waals surface area contributed by atoms with Crippen LogP contribution in [0.15, 0.2) is 30.5 Å². The van der Waals surface area contributed by atoms with Crippen LogP contribution in [0.3, 0.4) is 0 Å². The molecule has 2 aliphatic rings. The Morgan fingerprint density at radius 3 is 2.51 bits per heavy atom. The number of hydrogen-bond acceptors (Lipinski definition) is 7. The van der Waals surface area contributed by atoms with Crippen molar-refractivity contribution in [3.63, 3.8) is 0 Å². The van der Waals surface area contributed by atoms with Gasteiger partial charge in [0.1, 0.15) is 17.9 Å². The molecule has 4 rings (SSSR count). The van der Waals surface area contributed by atoms with Crippen LogP contribution in [-0.2, 0) is 16.1 Å². The van der Waals surface area contributed by atoms with Crippen molar-refractivity contribution >= 4 is 11.8 Å². The summed E-state index contributed by atoms with van der Waals surface area (Å²) in [5.74, 6) is -0.0879. The molecule has 0 spiro atoms. The van der Waals surface area contributed by atoms with Crippen molar-refractivity contribution < 1.29 is 24.5 Å². The lowest BCUT2D eigenvalue weighted by Crippen LogP contribution is -2.49. The van der Waals surface area contributed by atoms with E-state index >= 15 is 0 Å². The third-order valence-electron chi connectivity index (χ3n) is 8.03. The first-order valence-corrected chi connectivity index (χ1v) is 15.2. The number of nitrogens with one attached hydrogen (secondary N) is 2. The second-order valence-corrected chi connectivity index (χ2v) is 11.0. The SMILES string of the molecule is CC.CCn1nccc1-c1ccc(C(CO)NC(=O)C2CC(O)CN2C(=O)C(C)C(C)C)c(OC2CCNCC2)c1. The highest BCUT2D eigenvalue weighted by molar-refractivity contribution is 5.89. The number of hydrogen-bond donors (Lipinski definition) is 4. The van der Waals surface area contributed by atoms with Gasteiger partial charge >= 0.3 is 0 Å². The third-order valence-corrected chi connectivity index (χ3v) is 8.03. The fourth-order valence-corrected chi connectivity index (χ4v) is 5.35. The summed E-state index contributed by atoms with van der Waals surface area (Å²) in [5.41, 5.74) is 2.56. The summed E-state index contributed by atoms with van der Waals surface area (Å²) < 4.78 is 8.39. The second kappa shape index (κ2) is 15.3. The van der Waals surface area contributed by atoms with Gasteiger partial charge in [-0.3, -0.25) is 14.3 Å². The molecule has 4 N–H and O–H groups in total. The normalized spacial score (nSPS) is 20.8. The molecule has 41 heavy (non-hydrogen) atoms. The number of rotatable bonds is 10. The lowest BCUT2D eigenvalue weighted by Gasteiger charge is -2.30. The number of aryl methyl sites for hydroxylation is 1. The summed E-state index contributed by atoms with van der Waals surface area (Å²) in [6.45, 7) is 14.1. The Labute approximate surface area is 244 Å². The summed E-state index contributed by atoms with van der Waals surface area (Å²) in [4.78, 5) is 28.1. The number of aliphatic hydroxyl groups is 2. The molecular formula is C31H49N5O5. The fourth-order valence-electron chi connectivity index (χ4n) is 5.35. The molecule has 2 aliphatic heterocycles. The Balaban J connectivity index is 0.00000226. The van der Waals surface area contributed by atoms with Crippen molar-refractivity contribution in [2.75, 3.05) is 26.2 Å². The standard InChI is InChI=1S/C29H43N5O5.C2H6/c1-5-34-25(10-13-31-34)20-6-7-23(27(14-20)39-22-8-11-30-12-9-22)24(17-35)32-28(37)26-15-21(36)16-33(26)29(38)19(4)18(2)3;1-2/h6-7,10,13-14,18-19,21-22,24,26,30,35-36H,5,8-9,11-12,15-17H2,1-4H3,(H,32,37);1-2H3. The Morgan fingerprint density at radius 1 is 1.17 bits per heavy atom. The number of ether oxygens (including phenoxy) is 1. The van der Waals surface area contributed by atoms with Gasteiger partial charge in [0.25, 0.3) is 0 Å². The minimum absolute atomic E-state index is 0.0157. The molecule has 10 heteroatoms. The average molecular weight is 572 g/mol. The Hall–Kier alpha value is -2.95. The van der Waals surface area contributed by atoms with Crippen LogP contribution in [-0.4, -0.2) is 81.2 Å². The maximum absolute atomic E-state index is 13.5. The minimum atomic E-state index is -0.797. The van der Waals surface area contributed by atoms with Crippen LogP contribution in [0.2, 0.25) is 0 Å². The molecule has 1 aromatic carbocycles. The highest BCUT2D eigenvalue weighted by Crippen LogP contribution is 2.33. The lowest BCUT2D eigenvalue weighted by molar-refractivity contribution is -0.142. The van der Waals surface area contributed by atoms with E-state index in [0.717, 1.165) is 43.7 Å². The minimum Gasteiger partial charge on any atom is -0.490 e. The average Bonchev–Trinajstić information content (AvgIpc) is 3.63. The van der Waals surface area contributed by atoms with Crippen molar-refractivity contribution in [3.05, 3.63) is 36.0 Å². The molecule has 2 fully saturated rings. The molecule has 0 aliphatic carbocycles. The van der Waals surface area contributed by atoms with Gasteiger partial charge < -0.3 is 30.5 Å². The second-order valence-electron chi connectivity index (χ2n) is 11.0. The summed E-state index contributed by atoms with van der Waals surface area (Å²) in [7, 11) is 0. The Bertz CT molecular complexity index is 1130. The van der Waals surface area contributed by atoms with E-state index in [4.69, 9.17) is 4.74 Å². The van der Waals surface area contributed by atoms with E-state index in [1.807, 2.05) is 70.5 Å². The third kappa shape index (κ3) is 7.87. The summed E-state index contributed by atoms with van der Waals surface area (Å²) in [5, 5.41) is 31.4. The number of carbonyl (C=O) groups excluding carboxylic acids is 2. The van der Waals surface area contributed by atoms with Crippen LogP contribution in [0, 0.1) is 11.8 Å². The van der Waals surface area contributed by atoms with Crippen molar-refractivity contribution in [2.24, 2.45) is 11.8 Å². The van der Waals surface area contributed by atoms with Gasteiger partial charge in [0.15, 0.2) is 0 Å². The molecule has 228 valence electrons. The van der Waals surface area contributed by atoms with Gasteiger partial charge in [0.05, 0.1) is 24.4 Å². The van der Waals surface area contributed by atoms with Crippen molar-refractivity contribution in [3.8, 4) is 17.0 Å². The van der Waals surface area contributed by atoms with Gasteiger partial charge in [-0.05, 0) is 50.9 Å². The van der Waals surface area contributed by atoms with E-state index in [1.54, 1.807) is 6.20 Å². The smallest absolute Gasteiger partial charge is 0.243 e. The molecule has 2 amide bonds. The number of carbonyl (C=O) groups is 2. The molecule has 2 aromatic rings. The van der Waals surface area contributed by atoms with E-state index < -0.39 is 24.1 Å². The summed E-state index contributed by atoms with van der Waals surface area (Å²) in [6.07, 6.45) is 2.90. The van der Waals surface area contributed by atoms with Gasteiger partial charge in [-0.1, -0.05) is 46.8 Å². The molecule has 10 nitrogen and oxygen atoms in total. The molecule has 4 atom stereocenters. The van der Waals surface area contributed by atoms with Crippen LogP contribution in [0.4, 0.5) is 0 Å². The monoisotopic (exact) mass is 571 g/mol. The van der Waals surface area contributed by atoms with Crippen LogP contribution in [0.25, 0.3) is 11.3 Å². The number of amides is 2. The number of β-amino-alcohol motifs (C(OH)–C–C–N with tert-alkyl or cyclic N) is 1. The first kappa shape index (κ1) is 32.6. The molecule has 0 saturated carbocycles. The summed E-state index contributed by atoms with van der Waals surface area (Å²) >= 11 is 0. The topological polar surface area (TPSA) is 129 Å². The van der Waals surface area contributed by atoms with Crippen molar-refractivity contribution in [1.29, 1.82) is 0 Å². The van der Waals surface area contributed by atoms with Gasteiger partial charge in [0, 0.05) is 42.8 Å². The van der Waals surface area contributed by atoms with E-state index in [0.29, 0.717) is 11.3 Å². The zero-order chi connectivity index (χ0) is 30.1. The first-order chi connectivity index (χ1) is 19.7. The largest absolute Gasteiger partial charge is 0.490 e. The van der Waals surface area contributed by atoms with Gasteiger partial charge in [-0.25, -0.2) is 0 Å². The van der Waals surface area contributed by atoms with Crippen LogP contribution in [0.5, 0.6) is 5.75 Å². The predicted molar refractivity (Wildman–Crippen MR) is 159 cm³/mol. The van der Waals surface area contributed by atoms with Crippen LogP contribution >= 0.6 is 0 Å². The maximum Gasteiger partial charge on any atom is 0.243 e. The first-order valence-electron chi connectivity index (χ1n) is 15.2. The molecule has 4 unspecified atom stereocenters. The van der Waals surface area contributed by atoms with Crippen molar-refractivity contribution in [1.82, 2.24) is 25.3 Å². The maximum atomic E-state index is 13.5. The molecule has 1 aromatic heterocycles.